The molecule has 0 aliphatic carbocycles. The Bertz CT molecular complexity index is 540. The first-order valence-electron chi connectivity index (χ1n) is 7.62. The largest absolute Gasteiger partial charge is 0.484 e. The lowest BCUT2D eigenvalue weighted by Gasteiger charge is -2.28. The third kappa shape index (κ3) is 4.45. The maximum absolute atomic E-state index is 10.8. The van der Waals surface area contributed by atoms with E-state index in [0.717, 1.165) is 18.5 Å². The van der Waals surface area contributed by atoms with Crippen molar-refractivity contribution in [3.05, 3.63) is 29.8 Å². The summed E-state index contributed by atoms with van der Waals surface area (Å²) < 4.78 is 11.4. The van der Waals surface area contributed by atoms with Crippen LogP contribution in [0.4, 0.5) is 0 Å². The normalized spacial score (nSPS) is 22.5. The van der Waals surface area contributed by atoms with Gasteiger partial charge in [-0.15, -0.1) is 0 Å². The average molecular weight is 306 g/mol. The van der Waals surface area contributed by atoms with Gasteiger partial charge in [0.15, 0.2) is 6.61 Å². The quantitative estimate of drug-likeness (QED) is 0.843. The molecule has 0 unspecified atom stereocenters. The summed E-state index contributed by atoms with van der Waals surface area (Å²) in [6.45, 7) is 9.09. The molecule has 0 saturated carbocycles. The second kappa shape index (κ2) is 6.26. The van der Waals surface area contributed by atoms with Gasteiger partial charge in [0.05, 0.1) is 11.2 Å². The number of hydrogen-bond donors (Lipinski definition) is 2. The van der Waals surface area contributed by atoms with Crippen LogP contribution in [-0.2, 0) is 16.1 Å². The van der Waals surface area contributed by atoms with Crippen LogP contribution < -0.4 is 15.8 Å². The lowest BCUT2D eigenvalue weighted by atomic mass is 9.94. The molecule has 0 bridgehead atoms. The molecule has 2 rings (SSSR count). The zero-order valence-electron chi connectivity index (χ0n) is 13.8. The highest BCUT2D eigenvalue weighted by Crippen LogP contribution is 2.37. The van der Waals surface area contributed by atoms with Crippen molar-refractivity contribution in [2.45, 2.75) is 57.9 Å². The van der Waals surface area contributed by atoms with Gasteiger partial charge in [-0.25, -0.2) is 0 Å². The first-order valence-corrected chi connectivity index (χ1v) is 7.62. The number of nitrogens with two attached hydrogens (primary N) is 1. The molecule has 1 atom stereocenters. The highest BCUT2D eigenvalue weighted by Gasteiger charge is 2.45. The maximum atomic E-state index is 10.8. The molecule has 1 aliphatic heterocycles. The lowest BCUT2D eigenvalue weighted by Crippen LogP contribution is -2.42. The SMILES string of the molecule is CC1(C)C[C@@H](NCc2cccc(OCC(N)=O)c2)C(C)(C)O1. The van der Waals surface area contributed by atoms with Crippen molar-refractivity contribution in [2.75, 3.05) is 6.61 Å². The van der Waals surface area contributed by atoms with Crippen LogP contribution in [0.2, 0.25) is 0 Å². The number of primary amides is 1. The van der Waals surface area contributed by atoms with E-state index in [2.05, 4.69) is 33.0 Å². The zero-order valence-corrected chi connectivity index (χ0v) is 13.8. The van der Waals surface area contributed by atoms with Crippen molar-refractivity contribution in [1.29, 1.82) is 0 Å². The maximum Gasteiger partial charge on any atom is 0.255 e. The molecule has 0 radical (unpaired) electrons. The number of hydrogen-bond acceptors (Lipinski definition) is 4. The standard InChI is InChI=1S/C17H26N2O3/c1-16(2)9-14(17(3,4)22-16)19-10-12-6-5-7-13(8-12)21-11-15(18)20/h5-8,14,19H,9-11H2,1-4H3,(H2,18,20)/t14-/m1/s1. The Hall–Kier alpha value is -1.59. The number of carbonyl (C=O) groups excluding carboxylic acids is 1. The van der Waals surface area contributed by atoms with Crippen LogP contribution in [0.3, 0.4) is 0 Å². The van der Waals surface area contributed by atoms with E-state index in [1.54, 1.807) is 0 Å². The van der Waals surface area contributed by atoms with Crippen LogP contribution in [-0.4, -0.2) is 29.8 Å². The topological polar surface area (TPSA) is 73.6 Å². The van der Waals surface area contributed by atoms with E-state index in [-0.39, 0.29) is 23.9 Å². The second-order valence-electron chi connectivity index (χ2n) is 7.01. The van der Waals surface area contributed by atoms with Gasteiger partial charge in [0.25, 0.3) is 5.91 Å². The monoisotopic (exact) mass is 306 g/mol. The molecule has 3 N–H and O–H groups in total. The molecule has 1 aromatic carbocycles. The van der Waals surface area contributed by atoms with Crippen LogP contribution in [0.25, 0.3) is 0 Å². The van der Waals surface area contributed by atoms with Gasteiger partial charge in [-0.05, 0) is 51.8 Å². The Balaban J connectivity index is 1.94. The van der Waals surface area contributed by atoms with Gasteiger partial charge in [0.2, 0.25) is 0 Å². The first kappa shape index (κ1) is 16.8. The van der Waals surface area contributed by atoms with Gasteiger partial charge >= 0.3 is 0 Å². The smallest absolute Gasteiger partial charge is 0.255 e. The molecule has 122 valence electrons. The Morgan fingerprint density at radius 3 is 2.73 bits per heavy atom. The first-order chi connectivity index (χ1) is 10.2. The Labute approximate surface area is 132 Å². The van der Waals surface area contributed by atoms with Crippen molar-refractivity contribution in [1.82, 2.24) is 5.32 Å². The summed E-state index contributed by atoms with van der Waals surface area (Å²) in [5, 5.41) is 3.56. The molecular formula is C17H26N2O3. The molecule has 1 fully saturated rings. The highest BCUT2D eigenvalue weighted by molar-refractivity contribution is 5.75. The molecule has 1 heterocycles. The predicted octanol–water partition coefficient (Wildman–Crippen LogP) is 1.99. The van der Waals surface area contributed by atoms with Gasteiger partial charge < -0.3 is 20.5 Å². The van der Waals surface area contributed by atoms with Crippen molar-refractivity contribution in [3.8, 4) is 5.75 Å². The fourth-order valence-electron chi connectivity index (χ4n) is 3.02. The second-order valence-corrected chi connectivity index (χ2v) is 7.01. The van der Waals surface area contributed by atoms with E-state index < -0.39 is 5.91 Å². The van der Waals surface area contributed by atoms with Crippen molar-refractivity contribution in [3.63, 3.8) is 0 Å². The van der Waals surface area contributed by atoms with Crippen molar-refractivity contribution in [2.24, 2.45) is 5.73 Å². The summed E-state index contributed by atoms with van der Waals surface area (Å²) in [5.74, 6) is 0.177. The van der Waals surface area contributed by atoms with E-state index >= 15 is 0 Å². The van der Waals surface area contributed by atoms with Gasteiger partial charge in [-0.1, -0.05) is 12.1 Å². The minimum absolute atomic E-state index is 0.103. The summed E-state index contributed by atoms with van der Waals surface area (Å²) in [4.78, 5) is 10.8. The number of amides is 1. The zero-order chi connectivity index (χ0) is 16.4. The van der Waals surface area contributed by atoms with E-state index in [4.69, 9.17) is 15.2 Å². The summed E-state index contributed by atoms with van der Waals surface area (Å²) in [6.07, 6.45) is 0.970. The molecule has 1 aliphatic rings. The molecule has 5 nitrogen and oxygen atoms in total. The molecule has 1 saturated heterocycles. The van der Waals surface area contributed by atoms with Crippen LogP contribution in [0.15, 0.2) is 24.3 Å². The van der Waals surface area contributed by atoms with E-state index in [9.17, 15) is 4.79 Å². The van der Waals surface area contributed by atoms with Crippen molar-refractivity contribution < 1.29 is 14.3 Å². The Kier molecular flexibility index (Phi) is 4.78. The molecule has 22 heavy (non-hydrogen) atoms. The molecule has 1 aromatic rings. The summed E-state index contributed by atoms with van der Waals surface area (Å²) in [6, 6.07) is 7.96. The fourth-order valence-corrected chi connectivity index (χ4v) is 3.02. The van der Waals surface area contributed by atoms with E-state index in [0.29, 0.717) is 5.75 Å². The number of nitrogens with one attached hydrogen (secondary N) is 1. The third-order valence-corrected chi connectivity index (χ3v) is 3.91. The average Bonchev–Trinajstić information content (AvgIpc) is 2.62. The fraction of sp³-hybridized carbons (Fsp3) is 0.588. The summed E-state index contributed by atoms with van der Waals surface area (Å²) in [7, 11) is 0. The molecular weight excluding hydrogens is 280 g/mol. The van der Waals surface area contributed by atoms with Crippen LogP contribution in [0, 0.1) is 0 Å². The highest BCUT2D eigenvalue weighted by atomic mass is 16.5. The van der Waals surface area contributed by atoms with Crippen LogP contribution in [0.1, 0.15) is 39.7 Å². The Morgan fingerprint density at radius 2 is 2.14 bits per heavy atom. The summed E-state index contributed by atoms with van der Waals surface area (Å²) >= 11 is 0. The Morgan fingerprint density at radius 1 is 1.41 bits per heavy atom. The number of carbonyl (C=O) groups is 1. The number of ether oxygens (including phenoxy) is 2. The van der Waals surface area contributed by atoms with Gasteiger partial charge in [-0.2, -0.15) is 0 Å². The van der Waals surface area contributed by atoms with Crippen LogP contribution in [0.5, 0.6) is 5.75 Å². The van der Waals surface area contributed by atoms with Gasteiger partial charge in [0.1, 0.15) is 5.75 Å². The van der Waals surface area contributed by atoms with Crippen molar-refractivity contribution >= 4 is 5.91 Å². The number of benzene rings is 1. The minimum atomic E-state index is -0.476. The van der Waals surface area contributed by atoms with Gasteiger partial charge in [-0.3, -0.25) is 4.79 Å². The molecule has 0 aromatic heterocycles. The van der Waals surface area contributed by atoms with E-state index in [1.165, 1.54) is 0 Å². The van der Waals surface area contributed by atoms with Crippen LogP contribution >= 0.6 is 0 Å². The van der Waals surface area contributed by atoms with Gasteiger partial charge in [0, 0.05) is 12.6 Å². The lowest BCUT2D eigenvalue weighted by molar-refractivity contribution is -0.119. The minimum Gasteiger partial charge on any atom is -0.484 e. The predicted molar refractivity (Wildman–Crippen MR) is 85.6 cm³/mol. The summed E-state index contributed by atoms with van der Waals surface area (Å²) in [5.41, 5.74) is 5.89. The molecule has 1 amide bonds. The third-order valence-electron chi connectivity index (χ3n) is 3.91. The van der Waals surface area contributed by atoms with E-state index in [1.807, 2.05) is 24.3 Å². The number of rotatable bonds is 6. The molecule has 5 heteroatoms. The molecule has 0 spiro atoms.